The molecule has 4 heteroatoms. The van der Waals surface area contributed by atoms with Crippen molar-refractivity contribution in [1.29, 1.82) is 0 Å². The summed E-state index contributed by atoms with van der Waals surface area (Å²) in [5.74, 6) is 0.0219. The first-order valence-corrected chi connectivity index (χ1v) is 8.49. The van der Waals surface area contributed by atoms with Gasteiger partial charge in [0, 0.05) is 9.99 Å². The molecule has 0 aromatic heterocycles. The van der Waals surface area contributed by atoms with Gasteiger partial charge in [-0.1, -0.05) is 30.3 Å². The molecule has 0 unspecified atom stereocenters. The van der Waals surface area contributed by atoms with Crippen LogP contribution in [0, 0.1) is 10.5 Å². The highest BCUT2D eigenvalue weighted by Gasteiger charge is 2.04. The van der Waals surface area contributed by atoms with Gasteiger partial charge >= 0.3 is 5.97 Å². The molecule has 1 N–H and O–H groups in total. The Hall–Kier alpha value is -1.82. The monoisotopic (exact) mass is 422 g/mol. The summed E-state index contributed by atoms with van der Waals surface area (Å²) >= 11 is 2.26. The number of benzene rings is 2. The number of aromatic hydroxyl groups is 1. The summed E-state index contributed by atoms with van der Waals surface area (Å²) in [5, 5.41) is 9.64. The minimum absolute atomic E-state index is 0.239. The van der Waals surface area contributed by atoms with E-state index in [0.29, 0.717) is 12.8 Å². The Morgan fingerprint density at radius 2 is 1.96 bits per heavy atom. The molecule has 0 spiro atoms. The second kappa shape index (κ2) is 8.72. The molecule has 0 saturated carbocycles. The Balaban J connectivity index is 1.72. The molecule has 2 aromatic rings. The summed E-state index contributed by atoms with van der Waals surface area (Å²) in [6.07, 6.45) is 4.63. The van der Waals surface area contributed by atoms with E-state index in [0.717, 1.165) is 16.7 Å². The number of phenolic OH excluding ortho intramolecular Hbond substituents is 1. The van der Waals surface area contributed by atoms with Gasteiger partial charge in [0.15, 0.2) is 0 Å². The van der Waals surface area contributed by atoms with Crippen LogP contribution in [0.1, 0.15) is 23.1 Å². The lowest BCUT2D eigenvalue weighted by atomic mass is 10.1. The van der Waals surface area contributed by atoms with Gasteiger partial charge in [0.2, 0.25) is 0 Å². The second-order valence-electron chi connectivity index (χ2n) is 5.26. The molecule has 0 heterocycles. The van der Waals surface area contributed by atoms with Crippen molar-refractivity contribution in [2.75, 3.05) is 6.61 Å². The third kappa shape index (κ3) is 6.06. The molecule has 0 aliphatic heterocycles. The molecule has 0 saturated heterocycles. The van der Waals surface area contributed by atoms with Gasteiger partial charge in [0.25, 0.3) is 0 Å². The highest BCUT2D eigenvalue weighted by Crippen LogP contribution is 2.18. The quantitative estimate of drug-likeness (QED) is 0.551. The summed E-state index contributed by atoms with van der Waals surface area (Å²) < 4.78 is 6.36. The van der Waals surface area contributed by atoms with Crippen molar-refractivity contribution in [3.63, 3.8) is 0 Å². The molecular weight excluding hydrogens is 403 g/mol. The Morgan fingerprint density at radius 3 is 2.65 bits per heavy atom. The van der Waals surface area contributed by atoms with Crippen LogP contribution >= 0.6 is 22.6 Å². The maximum absolute atomic E-state index is 11.7. The first-order chi connectivity index (χ1) is 11.0. The predicted octanol–water partition coefficient (Wildman–Crippen LogP) is 4.49. The van der Waals surface area contributed by atoms with Crippen molar-refractivity contribution in [3.05, 3.63) is 68.8 Å². The first-order valence-electron chi connectivity index (χ1n) is 7.41. The smallest absolute Gasteiger partial charge is 0.306 e. The Morgan fingerprint density at radius 1 is 1.22 bits per heavy atom. The summed E-state index contributed by atoms with van der Waals surface area (Å²) in [6.45, 7) is 2.11. The Kier molecular flexibility index (Phi) is 6.65. The van der Waals surface area contributed by atoms with Crippen molar-refractivity contribution < 1.29 is 14.6 Å². The number of phenols is 1. The summed E-state index contributed by atoms with van der Waals surface area (Å²) in [7, 11) is 0. The van der Waals surface area contributed by atoms with Crippen LogP contribution in [0.4, 0.5) is 0 Å². The molecule has 0 atom stereocenters. The largest absolute Gasteiger partial charge is 0.508 e. The van der Waals surface area contributed by atoms with E-state index < -0.39 is 0 Å². The highest BCUT2D eigenvalue weighted by molar-refractivity contribution is 14.1. The van der Waals surface area contributed by atoms with Gasteiger partial charge in [0.05, 0.1) is 0 Å². The van der Waals surface area contributed by atoms with Crippen LogP contribution in [0.3, 0.4) is 0 Å². The van der Waals surface area contributed by atoms with E-state index in [-0.39, 0.29) is 18.3 Å². The molecule has 2 aromatic carbocycles. The van der Waals surface area contributed by atoms with Crippen LogP contribution in [-0.2, 0) is 16.0 Å². The van der Waals surface area contributed by atoms with Gasteiger partial charge in [-0.05, 0) is 76.9 Å². The van der Waals surface area contributed by atoms with Crippen LogP contribution in [0.5, 0.6) is 5.75 Å². The van der Waals surface area contributed by atoms with Crippen molar-refractivity contribution in [3.8, 4) is 5.75 Å². The molecule has 2 rings (SSSR count). The van der Waals surface area contributed by atoms with Gasteiger partial charge in [-0.3, -0.25) is 4.79 Å². The third-order valence-corrected chi connectivity index (χ3v) is 4.13. The molecule has 0 radical (unpaired) electrons. The van der Waals surface area contributed by atoms with Crippen molar-refractivity contribution in [2.45, 2.75) is 19.8 Å². The number of aryl methyl sites for hydroxylation is 2. The Bertz CT molecular complexity index is 690. The van der Waals surface area contributed by atoms with E-state index in [2.05, 4.69) is 22.6 Å². The standard InChI is InChI=1S/C19H19IO3/c1-14-4-5-16(13-18(14)21)8-11-19(22)23-12-2-3-15-6-9-17(20)10-7-15/h2-7,9-10,13,21H,8,11-12H2,1H3/b3-2-. The maximum Gasteiger partial charge on any atom is 0.306 e. The SMILES string of the molecule is Cc1ccc(CCC(=O)OC/C=C\c2ccc(I)cc2)cc1O. The number of carbonyl (C=O) groups excluding carboxylic acids is 1. The average Bonchev–Trinajstić information content (AvgIpc) is 2.54. The van der Waals surface area contributed by atoms with Gasteiger partial charge < -0.3 is 9.84 Å². The molecule has 0 amide bonds. The normalized spacial score (nSPS) is 10.9. The number of hydrogen-bond donors (Lipinski definition) is 1. The van der Waals surface area contributed by atoms with Crippen LogP contribution < -0.4 is 0 Å². The van der Waals surface area contributed by atoms with E-state index in [9.17, 15) is 9.90 Å². The Labute approximate surface area is 150 Å². The predicted molar refractivity (Wildman–Crippen MR) is 100 cm³/mol. The van der Waals surface area contributed by atoms with E-state index in [4.69, 9.17) is 4.74 Å². The number of rotatable bonds is 6. The number of carbonyl (C=O) groups is 1. The number of ether oxygens (including phenoxy) is 1. The lowest BCUT2D eigenvalue weighted by Gasteiger charge is -2.04. The van der Waals surface area contributed by atoms with Crippen LogP contribution in [-0.4, -0.2) is 17.7 Å². The zero-order valence-corrected chi connectivity index (χ0v) is 15.1. The van der Waals surface area contributed by atoms with Crippen molar-refractivity contribution in [1.82, 2.24) is 0 Å². The van der Waals surface area contributed by atoms with E-state index in [1.165, 1.54) is 3.57 Å². The molecule has 120 valence electrons. The van der Waals surface area contributed by atoms with Gasteiger partial charge in [-0.15, -0.1) is 0 Å². The summed E-state index contributed by atoms with van der Waals surface area (Å²) in [6, 6.07) is 13.6. The van der Waals surface area contributed by atoms with Crippen LogP contribution in [0.25, 0.3) is 6.08 Å². The van der Waals surface area contributed by atoms with Crippen molar-refractivity contribution >= 4 is 34.6 Å². The van der Waals surface area contributed by atoms with E-state index >= 15 is 0 Å². The fourth-order valence-electron chi connectivity index (χ4n) is 2.03. The van der Waals surface area contributed by atoms with Crippen LogP contribution in [0.15, 0.2) is 48.5 Å². The molecule has 0 fully saturated rings. The van der Waals surface area contributed by atoms with E-state index in [1.54, 1.807) is 6.07 Å². The lowest BCUT2D eigenvalue weighted by Crippen LogP contribution is -2.05. The molecule has 23 heavy (non-hydrogen) atoms. The summed E-state index contributed by atoms with van der Waals surface area (Å²) in [4.78, 5) is 11.7. The maximum atomic E-state index is 11.7. The van der Waals surface area contributed by atoms with Gasteiger partial charge in [-0.25, -0.2) is 0 Å². The topological polar surface area (TPSA) is 46.5 Å². The highest BCUT2D eigenvalue weighted by atomic mass is 127. The fourth-order valence-corrected chi connectivity index (χ4v) is 2.39. The van der Waals surface area contributed by atoms with Crippen LogP contribution in [0.2, 0.25) is 0 Å². The second-order valence-corrected chi connectivity index (χ2v) is 6.50. The van der Waals surface area contributed by atoms with Gasteiger partial charge in [0.1, 0.15) is 12.4 Å². The lowest BCUT2D eigenvalue weighted by molar-refractivity contribution is -0.142. The van der Waals surface area contributed by atoms with E-state index in [1.807, 2.05) is 55.5 Å². The molecule has 0 bridgehead atoms. The fraction of sp³-hybridized carbons (Fsp3) is 0.211. The number of esters is 1. The minimum Gasteiger partial charge on any atom is -0.508 e. The minimum atomic E-state index is -0.239. The number of hydrogen-bond acceptors (Lipinski definition) is 3. The van der Waals surface area contributed by atoms with Crippen molar-refractivity contribution in [2.24, 2.45) is 0 Å². The van der Waals surface area contributed by atoms with Gasteiger partial charge in [-0.2, -0.15) is 0 Å². The first kappa shape index (κ1) is 17.5. The molecule has 0 aliphatic rings. The third-order valence-electron chi connectivity index (χ3n) is 3.41. The molecule has 3 nitrogen and oxygen atoms in total. The average molecular weight is 422 g/mol. The molecular formula is C19H19IO3. The summed E-state index contributed by atoms with van der Waals surface area (Å²) in [5.41, 5.74) is 2.84. The molecule has 0 aliphatic carbocycles. The zero-order valence-electron chi connectivity index (χ0n) is 13.0. The zero-order chi connectivity index (χ0) is 16.7. The number of halogens is 1.